The van der Waals surface area contributed by atoms with Crippen LogP contribution in [0.2, 0.25) is 0 Å². The van der Waals surface area contributed by atoms with Crippen molar-refractivity contribution in [1.82, 2.24) is 24.3 Å². The van der Waals surface area contributed by atoms with Gasteiger partial charge in [-0.15, -0.1) is 10.2 Å². The second kappa shape index (κ2) is 11.4. The first-order valence-electron chi connectivity index (χ1n) is 11.5. The highest BCUT2D eigenvalue weighted by atomic mass is 32.2. The van der Waals surface area contributed by atoms with Crippen molar-refractivity contribution in [1.29, 1.82) is 0 Å². The molecule has 35 heavy (non-hydrogen) atoms. The smallest absolute Gasteiger partial charge is 0.283 e. The second-order valence-electron chi connectivity index (χ2n) is 8.23. The van der Waals surface area contributed by atoms with Crippen molar-refractivity contribution < 1.29 is 22.0 Å². The predicted octanol–water partition coefficient (Wildman–Crippen LogP) is 2.69. The Morgan fingerprint density at radius 2 is 1.86 bits per heavy atom. The third-order valence-corrected chi connectivity index (χ3v) is 7.20. The molecule has 3 aromatic rings. The lowest BCUT2D eigenvalue weighted by atomic mass is 10.2. The molecule has 1 aliphatic heterocycles. The molecule has 0 radical (unpaired) electrons. The van der Waals surface area contributed by atoms with Crippen LogP contribution < -0.4 is 0 Å². The second-order valence-corrected chi connectivity index (χ2v) is 10.0. The highest BCUT2D eigenvalue weighted by Crippen LogP contribution is 2.19. The van der Waals surface area contributed by atoms with Gasteiger partial charge >= 0.3 is 0 Å². The zero-order valence-electron chi connectivity index (χ0n) is 19.6. The first-order valence-corrected chi connectivity index (χ1v) is 13.0. The highest BCUT2D eigenvalue weighted by molar-refractivity contribution is 7.92. The summed E-state index contributed by atoms with van der Waals surface area (Å²) in [5.41, 5.74) is 0.818. The molecule has 3 heterocycles. The lowest BCUT2D eigenvalue weighted by Gasteiger charge is -2.34. The lowest BCUT2D eigenvalue weighted by Crippen LogP contribution is -2.52. The third kappa shape index (κ3) is 6.65. The average Bonchev–Trinajstić information content (AvgIpc) is 3.56. The van der Waals surface area contributed by atoms with E-state index < -0.39 is 10.0 Å². The van der Waals surface area contributed by atoms with Gasteiger partial charge in [-0.05, 0) is 36.7 Å². The van der Waals surface area contributed by atoms with Gasteiger partial charge in [0.25, 0.3) is 5.89 Å². The number of amides is 1. The Labute approximate surface area is 204 Å². The van der Waals surface area contributed by atoms with E-state index in [1.165, 1.54) is 16.0 Å². The van der Waals surface area contributed by atoms with Gasteiger partial charge in [0, 0.05) is 31.6 Å². The number of carbonyl (C=O) groups is 1. The van der Waals surface area contributed by atoms with E-state index in [4.69, 9.17) is 8.83 Å². The van der Waals surface area contributed by atoms with Gasteiger partial charge in [0.15, 0.2) is 5.76 Å². The molecule has 0 unspecified atom stereocenters. The quantitative estimate of drug-likeness (QED) is 0.418. The summed E-state index contributed by atoms with van der Waals surface area (Å²) in [7, 11) is -3.55. The Morgan fingerprint density at radius 1 is 1.09 bits per heavy atom. The number of benzene rings is 1. The molecule has 186 valence electrons. The number of sulfonamides is 1. The van der Waals surface area contributed by atoms with Crippen molar-refractivity contribution >= 4 is 22.0 Å². The number of furan rings is 1. The average molecular weight is 500 g/mol. The van der Waals surface area contributed by atoms with E-state index >= 15 is 0 Å². The molecular formula is C24H29N5O5S. The molecule has 4 rings (SSSR count). The fraction of sp³-hybridized carbons (Fsp3) is 0.375. The zero-order chi connectivity index (χ0) is 24.7. The molecule has 10 nitrogen and oxygen atoms in total. The predicted molar refractivity (Wildman–Crippen MR) is 130 cm³/mol. The van der Waals surface area contributed by atoms with E-state index in [0.29, 0.717) is 43.7 Å². The Hall–Kier alpha value is -3.28. The van der Waals surface area contributed by atoms with Gasteiger partial charge in [-0.25, -0.2) is 8.42 Å². The molecule has 0 bridgehead atoms. The summed E-state index contributed by atoms with van der Waals surface area (Å²) in [6, 6.07) is 12.8. The van der Waals surface area contributed by atoms with Crippen LogP contribution in [0, 0.1) is 0 Å². The van der Waals surface area contributed by atoms with Crippen LogP contribution in [0.25, 0.3) is 17.7 Å². The Bertz CT molecular complexity index is 1220. The SMILES string of the molecule is CCCN(CC(=O)N1CCN(S(=O)(=O)/C=C/c2ccccc2)CC1)Cc1nnc(-c2ccco2)o1. The van der Waals surface area contributed by atoms with Gasteiger partial charge in [-0.1, -0.05) is 37.3 Å². The maximum atomic E-state index is 13.0. The van der Waals surface area contributed by atoms with E-state index in [0.717, 1.165) is 12.0 Å². The standard InChI is InChI=1S/C24H29N5O5S/c1-2-11-27(18-22-25-26-24(34-22)21-9-6-16-33-21)19-23(30)28-12-14-29(15-13-28)35(31,32)17-10-20-7-4-3-5-8-20/h3-10,16-17H,2,11-15,18-19H2,1H3/b17-10+. The Morgan fingerprint density at radius 3 is 2.54 bits per heavy atom. The van der Waals surface area contributed by atoms with Crippen LogP contribution in [-0.4, -0.2) is 77.9 Å². The van der Waals surface area contributed by atoms with Gasteiger partial charge in [-0.2, -0.15) is 4.31 Å². The summed E-state index contributed by atoms with van der Waals surface area (Å²) >= 11 is 0. The molecule has 0 spiro atoms. The summed E-state index contributed by atoms with van der Waals surface area (Å²) in [5, 5.41) is 9.30. The number of piperazine rings is 1. The fourth-order valence-corrected chi connectivity index (χ4v) is 5.01. The summed E-state index contributed by atoms with van der Waals surface area (Å²) < 4.78 is 37.7. The molecule has 2 aromatic heterocycles. The van der Waals surface area contributed by atoms with Crippen molar-refractivity contribution in [3.05, 3.63) is 65.6 Å². The molecular weight excluding hydrogens is 470 g/mol. The number of rotatable bonds is 10. The Kier molecular flexibility index (Phi) is 8.11. The highest BCUT2D eigenvalue weighted by Gasteiger charge is 2.28. The number of hydrogen-bond donors (Lipinski definition) is 0. The minimum Gasteiger partial charge on any atom is -0.459 e. The molecule has 1 fully saturated rings. The maximum absolute atomic E-state index is 13.0. The number of nitrogens with zero attached hydrogens (tertiary/aromatic N) is 5. The summed E-state index contributed by atoms with van der Waals surface area (Å²) in [4.78, 5) is 16.6. The van der Waals surface area contributed by atoms with Crippen LogP contribution in [0.4, 0.5) is 0 Å². The summed E-state index contributed by atoms with van der Waals surface area (Å²) in [6.45, 7) is 4.46. The van der Waals surface area contributed by atoms with Crippen molar-refractivity contribution in [3.8, 4) is 11.7 Å². The first kappa shape index (κ1) is 24.8. The van der Waals surface area contributed by atoms with E-state index in [1.54, 1.807) is 23.1 Å². The van der Waals surface area contributed by atoms with E-state index in [1.807, 2.05) is 42.2 Å². The monoisotopic (exact) mass is 499 g/mol. The molecule has 11 heteroatoms. The van der Waals surface area contributed by atoms with Gasteiger partial charge < -0.3 is 13.7 Å². The first-order chi connectivity index (χ1) is 16.9. The van der Waals surface area contributed by atoms with Crippen LogP contribution in [0.3, 0.4) is 0 Å². The van der Waals surface area contributed by atoms with Crippen molar-refractivity contribution in [3.63, 3.8) is 0 Å². The zero-order valence-corrected chi connectivity index (χ0v) is 20.4. The largest absolute Gasteiger partial charge is 0.459 e. The lowest BCUT2D eigenvalue weighted by molar-refractivity contribution is -0.133. The Balaban J connectivity index is 1.30. The normalized spacial score (nSPS) is 15.3. The molecule has 0 saturated carbocycles. The van der Waals surface area contributed by atoms with Crippen LogP contribution in [-0.2, 0) is 21.4 Å². The van der Waals surface area contributed by atoms with Gasteiger partial charge in [-0.3, -0.25) is 9.69 Å². The molecule has 0 atom stereocenters. The van der Waals surface area contributed by atoms with Crippen molar-refractivity contribution in [2.45, 2.75) is 19.9 Å². The summed E-state index contributed by atoms with van der Waals surface area (Å²) in [6.07, 6.45) is 3.97. The van der Waals surface area contributed by atoms with Crippen molar-refractivity contribution in [2.75, 3.05) is 39.3 Å². The molecule has 1 aromatic carbocycles. The van der Waals surface area contributed by atoms with Crippen molar-refractivity contribution in [2.24, 2.45) is 0 Å². The van der Waals surface area contributed by atoms with E-state index in [9.17, 15) is 13.2 Å². The van der Waals surface area contributed by atoms with Crippen LogP contribution in [0.15, 0.2) is 63.0 Å². The number of aromatic nitrogens is 2. The number of hydrogen-bond acceptors (Lipinski definition) is 8. The molecule has 1 saturated heterocycles. The van der Waals surface area contributed by atoms with Gasteiger partial charge in [0.05, 0.1) is 19.4 Å². The molecule has 0 N–H and O–H groups in total. The van der Waals surface area contributed by atoms with Gasteiger partial charge in [0.2, 0.25) is 21.8 Å². The number of carbonyl (C=O) groups excluding carboxylic acids is 1. The third-order valence-electron chi connectivity index (χ3n) is 5.64. The van der Waals surface area contributed by atoms with Gasteiger partial charge in [0.1, 0.15) is 0 Å². The van der Waals surface area contributed by atoms with Crippen LogP contribution in [0.1, 0.15) is 24.8 Å². The maximum Gasteiger partial charge on any atom is 0.283 e. The fourth-order valence-electron chi connectivity index (χ4n) is 3.84. The minimum atomic E-state index is -3.55. The van der Waals surface area contributed by atoms with Crippen LogP contribution >= 0.6 is 0 Å². The van der Waals surface area contributed by atoms with Crippen LogP contribution in [0.5, 0.6) is 0 Å². The van der Waals surface area contributed by atoms with E-state index in [2.05, 4.69) is 10.2 Å². The molecule has 1 amide bonds. The summed E-state index contributed by atoms with van der Waals surface area (Å²) in [5.74, 6) is 1.14. The molecule has 0 aliphatic carbocycles. The minimum absolute atomic E-state index is 0.0545. The molecule has 1 aliphatic rings. The van der Waals surface area contributed by atoms with E-state index in [-0.39, 0.29) is 25.5 Å². The topological polar surface area (TPSA) is 113 Å².